The van der Waals surface area contributed by atoms with Crippen LogP contribution in [-0.4, -0.2) is 49.5 Å². The number of rotatable bonds is 7. The molecule has 0 aliphatic heterocycles. The number of amides is 1. The van der Waals surface area contributed by atoms with E-state index in [0.29, 0.717) is 25.6 Å². The van der Waals surface area contributed by atoms with Crippen molar-refractivity contribution >= 4 is 5.91 Å². The van der Waals surface area contributed by atoms with Gasteiger partial charge in [0.25, 0.3) is 0 Å². The van der Waals surface area contributed by atoms with E-state index in [4.69, 9.17) is 4.74 Å². The molecule has 1 saturated carbocycles. The van der Waals surface area contributed by atoms with Crippen LogP contribution in [0.25, 0.3) is 0 Å². The highest BCUT2D eigenvalue weighted by Gasteiger charge is 2.33. The molecule has 0 heterocycles. The minimum Gasteiger partial charge on any atom is -0.389 e. The minimum absolute atomic E-state index is 0.0514. The molecule has 0 saturated heterocycles. The number of nitrogens with one attached hydrogen (secondary N) is 2. The van der Waals surface area contributed by atoms with E-state index < -0.39 is 5.60 Å². The fourth-order valence-electron chi connectivity index (χ4n) is 2.66. The normalized spacial score (nSPS) is 28.9. The van der Waals surface area contributed by atoms with E-state index in [1.807, 2.05) is 6.92 Å². The molecule has 1 amide bonds. The van der Waals surface area contributed by atoms with Gasteiger partial charge in [-0.25, -0.2) is 0 Å². The highest BCUT2D eigenvalue weighted by Crippen LogP contribution is 2.31. The lowest BCUT2D eigenvalue weighted by Crippen LogP contribution is -2.50. The Labute approximate surface area is 116 Å². The standard InChI is InChI=1S/C14H28N2O3/c1-11-5-4-6-14(18,9-11)10-16-12(2)13(17)15-7-8-19-3/h11-12,16,18H,4-10H2,1-3H3,(H,15,17). The summed E-state index contributed by atoms with van der Waals surface area (Å²) < 4.78 is 4.88. The van der Waals surface area contributed by atoms with Gasteiger partial charge >= 0.3 is 0 Å². The van der Waals surface area contributed by atoms with Gasteiger partial charge in [-0.2, -0.15) is 0 Å². The summed E-state index contributed by atoms with van der Waals surface area (Å²) in [5, 5.41) is 16.4. The van der Waals surface area contributed by atoms with Gasteiger partial charge in [-0.3, -0.25) is 4.79 Å². The molecule has 3 unspecified atom stereocenters. The molecular formula is C14H28N2O3. The number of hydrogen-bond donors (Lipinski definition) is 3. The predicted octanol–water partition coefficient (Wildman–Crippen LogP) is 0.668. The Kier molecular flexibility index (Phi) is 6.75. The number of hydrogen-bond acceptors (Lipinski definition) is 4. The highest BCUT2D eigenvalue weighted by molar-refractivity contribution is 5.81. The van der Waals surface area contributed by atoms with Gasteiger partial charge in [0.2, 0.25) is 5.91 Å². The van der Waals surface area contributed by atoms with Crippen molar-refractivity contribution in [2.75, 3.05) is 26.8 Å². The van der Waals surface area contributed by atoms with Gasteiger partial charge in [-0.15, -0.1) is 0 Å². The Bertz CT molecular complexity index is 286. The van der Waals surface area contributed by atoms with E-state index in [9.17, 15) is 9.90 Å². The molecule has 0 radical (unpaired) electrons. The zero-order valence-electron chi connectivity index (χ0n) is 12.4. The lowest BCUT2D eigenvalue weighted by molar-refractivity contribution is -0.123. The Balaban J connectivity index is 2.28. The number of carbonyl (C=O) groups excluding carboxylic acids is 1. The summed E-state index contributed by atoms with van der Waals surface area (Å²) in [5.41, 5.74) is -0.654. The monoisotopic (exact) mass is 272 g/mol. The summed E-state index contributed by atoms with van der Waals surface area (Å²) in [6.07, 6.45) is 3.89. The van der Waals surface area contributed by atoms with Gasteiger partial charge in [-0.1, -0.05) is 19.8 Å². The average molecular weight is 272 g/mol. The molecule has 19 heavy (non-hydrogen) atoms. The van der Waals surface area contributed by atoms with E-state index in [1.54, 1.807) is 7.11 Å². The van der Waals surface area contributed by atoms with Gasteiger partial charge < -0.3 is 20.5 Å². The molecule has 0 aromatic heterocycles. The molecule has 1 aliphatic rings. The second-order valence-corrected chi connectivity index (χ2v) is 5.81. The topological polar surface area (TPSA) is 70.6 Å². The fraction of sp³-hybridized carbons (Fsp3) is 0.929. The van der Waals surface area contributed by atoms with Crippen LogP contribution in [0.2, 0.25) is 0 Å². The Morgan fingerprint density at radius 1 is 1.58 bits per heavy atom. The summed E-state index contributed by atoms with van der Waals surface area (Å²) in [4.78, 5) is 11.7. The molecule has 3 N–H and O–H groups in total. The lowest BCUT2D eigenvalue weighted by atomic mass is 9.79. The van der Waals surface area contributed by atoms with Gasteiger partial charge in [0.1, 0.15) is 0 Å². The Hall–Kier alpha value is -0.650. The van der Waals surface area contributed by atoms with Crippen molar-refractivity contribution in [3.63, 3.8) is 0 Å². The molecular weight excluding hydrogens is 244 g/mol. The largest absolute Gasteiger partial charge is 0.389 e. The first-order valence-corrected chi connectivity index (χ1v) is 7.19. The quantitative estimate of drug-likeness (QED) is 0.596. The molecule has 1 fully saturated rings. The third-order valence-electron chi connectivity index (χ3n) is 3.80. The first-order valence-electron chi connectivity index (χ1n) is 7.19. The number of carbonyl (C=O) groups is 1. The van der Waals surface area contributed by atoms with Crippen molar-refractivity contribution in [1.82, 2.24) is 10.6 Å². The first-order chi connectivity index (χ1) is 8.97. The van der Waals surface area contributed by atoms with Crippen LogP contribution >= 0.6 is 0 Å². The molecule has 112 valence electrons. The van der Waals surface area contributed by atoms with Crippen LogP contribution < -0.4 is 10.6 Å². The zero-order valence-corrected chi connectivity index (χ0v) is 12.4. The summed E-state index contributed by atoms with van der Waals surface area (Å²) in [7, 11) is 1.60. The second kappa shape index (κ2) is 7.82. The van der Waals surface area contributed by atoms with Crippen molar-refractivity contribution in [3.8, 4) is 0 Å². The SMILES string of the molecule is COCCNC(=O)C(C)NCC1(O)CCCC(C)C1. The molecule has 0 bridgehead atoms. The van der Waals surface area contributed by atoms with Crippen LogP contribution in [0.1, 0.15) is 39.5 Å². The van der Waals surface area contributed by atoms with E-state index in [-0.39, 0.29) is 11.9 Å². The molecule has 0 aromatic rings. The zero-order chi connectivity index (χ0) is 14.3. The lowest BCUT2D eigenvalue weighted by Gasteiger charge is -2.36. The van der Waals surface area contributed by atoms with Gasteiger partial charge in [0.05, 0.1) is 18.2 Å². The van der Waals surface area contributed by atoms with Crippen LogP contribution in [0.3, 0.4) is 0 Å². The minimum atomic E-state index is -0.654. The molecule has 5 nitrogen and oxygen atoms in total. The smallest absolute Gasteiger partial charge is 0.236 e. The molecule has 5 heteroatoms. The van der Waals surface area contributed by atoms with E-state index in [1.165, 1.54) is 6.42 Å². The molecule has 0 spiro atoms. The van der Waals surface area contributed by atoms with Gasteiger partial charge in [0.15, 0.2) is 0 Å². The summed E-state index contributed by atoms with van der Waals surface area (Å²) >= 11 is 0. The van der Waals surface area contributed by atoms with Gasteiger partial charge in [0, 0.05) is 20.2 Å². The second-order valence-electron chi connectivity index (χ2n) is 5.81. The fourth-order valence-corrected chi connectivity index (χ4v) is 2.66. The summed E-state index contributed by atoms with van der Waals surface area (Å²) in [5.74, 6) is 0.510. The summed E-state index contributed by atoms with van der Waals surface area (Å²) in [6.45, 7) is 5.50. The van der Waals surface area contributed by atoms with Gasteiger partial charge in [-0.05, 0) is 25.7 Å². The maximum atomic E-state index is 11.7. The molecule has 1 aliphatic carbocycles. The van der Waals surface area contributed by atoms with E-state index in [0.717, 1.165) is 19.3 Å². The predicted molar refractivity (Wildman–Crippen MR) is 74.9 cm³/mol. The third-order valence-corrected chi connectivity index (χ3v) is 3.80. The van der Waals surface area contributed by atoms with Crippen LogP contribution in [0.15, 0.2) is 0 Å². The molecule has 3 atom stereocenters. The maximum Gasteiger partial charge on any atom is 0.236 e. The highest BCUT2D eigenvalue weighted by atomic mass is 16.5. The van der Waals surface area contributed by atoms with Crippen LogP contribution in [0, 0.1) is 5.92 Å². The van der Waals surface area contributed by atoms with Crippen molar-refractivity contribution in [2.24, 2.45) is 5.92 Å². The van der Waals surface area contributed by atoms with Crippen molar-refractivity contribution in [1.29, 1.82) is 0 Å². The molecule has 0 aromatic carbocycles. The van der Waals surface area contributed by atoms with Crippen molar-refractivity contribution < 1.29 is 14.6 Å². The van der Waals surface area contributed by atoms with Crippen molar-refractivity contribution in [3.05, 3.63) is 0 Å². The first kappa shape index (κ1) is 16.4. The van der Waals surface area contributed by atoms with E-state index >= 15 is 0 Å². The third kappa shape index (κ3) is 5.89. The number of aliphatic hydroxyl groups is 1. The number of methoxy groups -OCH3 is 1. The van der Waals surface area contributed by atoms with Crippen LogP contribution in [0.4, 0.5) is 0 Å². The Morgan fingerprint density at radius 2 is 2.32 bits per heavy atom. The summed E-state index contributed by atoms with van der Waals surface area (Å²) in [6, 6.07) is -0.293. The number of ether oxygens (including phenoxy) is 1. The van der Waals surface area contributed by atoms with Crippen LogP contribution in [0.5, 0.6) is 0 Å². The van der Waals surface area contributed by atoms with Crippen LogP contribution in [-0.2, 0) is 9.53 Å². The maximum absolute atomic E-state index is 11.7. The van der Waals surface area contributed by atoms with Crippen molar-refractivity contribution in [2.45, 2.75) is 51.2 Å². The Morgan fingerprint density at radius 3 is 2.95 bits per heavy atom. The molecule has 1 rings (SSSR count). The van der Waals surface area contributed by atoms with E-state index in [2.05, 4.69) is 17.6 Å². The average Bonchev–Trinajstić information content (AvgIpc) is 2.36.